The van der Waals surface area contributed by atoms with Gasteiger partial charge in [-0.05, 0) is 24.1 Å². The second kappa shape index (κ2) is 7.53. The van der Waals surface area contributed by atoms with Gasteiger partial charge in [-0.2, -0.15) is 11.8 Å². The van der Waals surface area contributed by atoms with E-state index in [9.17, 15) is 0 Å². The van der Waals surface area contributed by atoms with Crippen molar-refractivity contribution in [1.29, 1.82) is 0 Å². The molecule has 1 N–H and O–H groups in total. The molecule has 1 saturated heterocycles. The molecule has 1 aliphatic heterocycles. The summed E-state index contributed by atoms with van der Waals surface area (Å²) < 4.78 is 1.21. The van der Waals surface area contributed by atoms with Crippen LogP contribution in [-0.2, 0) is 6.54 Å². The Kier molecular flexibility index (Phi) is 6.02. The number of halogens is 1. The van der Waals surface area contributed by atoms with E-state index in [-0.39, 0.29) is 0 Å². The molecule has 2 nitrogen and oxygen atoms in total. The maximum Gasteiger partial charge on any atom is 0.0222 e. The third-order valence-electron chi connectivity index (χ3n) is 3.23. The van der Waals surface area contributed by atoms with Crippen LogP contribution in [-0.4, -0.2) is 42.6 Å². The van der Waals surface area contributed by atoms with Crippen LogP contribution in [0.3, 0.4) is 0 Å². The molecule has 0 atom stereocenters. The molecule has 0 amide bonds. The van der Waals surface area contributed by atoms with Gasteiger partial charge in [0.1, 0.15) is 0 Å². The summed E-state index contributed by atoms with van der Waals surface area (Å²) in [7, 11) is 0. The molecule has 0 aromatic heterocycles. The molecular weight excluding hydrogens is 308 g/mol. The highest BCUT2D eigenvalue weighted by molar-refractivity contribution is 9.10. The minimum absolute atomic E-state index is 0.948. The zero-order chi connectivity index (χ0) is 12.8. The Morgan fingerprint density at radius 1 is 1.33 bits per heavy atom. The summed E-state index contributed by atoms with van der Waals surface area (Å²) in [6.45, 7) is 7.82. The highest BCUT2D eigenvalue weighted by Crippen LogP contribution is 2.18. The average molecular weight is 329 g/mol. The fourth-order valence-electron chi connectivity index (χ4n) is 2.08. The Hall–Kier alpha value is -0.0300. The predicted octanol–water partition coefficient (Wildman–Crippen LogP) is 2.90. The van der Waals surface area contributed by atoms with Gasteiger partial charge in [-0.25, -0.2) is 0 Å². The number of benzene rings is 1. The molecule has 1 aromatic carbocycles. The number of nitrogens with one attached hydrogen (secondary N) is 1. The first-order valence-electron chi connectivity index (χ1n) is 6.51. The molecule has 18 heavy (non-hydrogen) atoms. The van der Waals surface area contributed by atoms with Crippen molar-refractivity contribution in [3.05, 3.63) is 33.8 Å². The van der Waals surface area contributed by atoms with Gasteiger partial charge in [0, 0.05) is 48.7 Å². The maximum atomic E-state index is 3.62. The number of nitrogens with zero attached hydrogens (tertiary/aromatic N) is 1. The van der Waals surface area contributed by atoms with Crippen LogP contribution in [0, 0.1) is 6.92 Å². The number of hydrogen-bond acceptors (Lipinski definition) is 3. The standard InChI is InChI=1S/C14H21BrN2S/c1-12-2-3-13(14(15)10-12)11-16-4-5-17-6-8-18-9-7-17/h2-3,10,16H,4-9,11H2,1H3. The Balaban J connectivity index is 1.68. The molecule has 0 radical (unpaired) electrons. The van der Waals surface area contributed by atoms with Gasteiger partial charge in [0.15, 0.2) is 0 Å². The highest BCUT2D eigenvalue weighted by atomic mass is 79.9. The summed E-state index contributed by atoms with van der Waals surface area (Å²) in [5.41, 5.74) is 2.64. The van der Waals surface area contributed by atoms with E-state index in [1.165, 1.54) is 46.7 Å². The summed E-state index contributed by atoms with van der Waals surface area (Å²) in [6.07, 6.45) is 0. The van der Waals surface area contributed by atoms with Crippen molar-refractivity contribution in [1.82, 2.24) is 10.2 Å². The average Bonchev–Trinajstić information content (AvgIpc) is 2.38. The Bertz CT molecular complexity index is 378. The van der Waals surface area contributed by atoms with E-state index < -0.39 is 0 Å². The van der Waals surface area contributed by atoms with E-state index >= 15 is 0 Å². The summed E-state index contributed by atoms with van der Waals surface area (Å²) in [4.78, 5) is 2.55. The molecule has 1 heterocycles. The van der Waals surface area contributed by atoms with Crippen molar-refractivity contribution >= 4 is 27.7 Å². The summed E-state index contributed by atoms with van der Waals surface area (Å²) in [6, 6.07) is 6.55. The summed E-state index contributed by atoms with van der Waals surface area (Å²) >= 11 is 5.69. The van der Waals surface area contributed by atoms with Crippen molar-refractivity contribution in [2.45, 2.75) is 13.5 Å². The predicted molar refractivity (Wildman–Crippen MR) is 84.4 cm³/mol. The number of thioether (sulfide) groups is 1. The minimum Gasteiger partial charge on any atom is -0.311 e. The van der Waals surface area contributed by atoms with Crippen LogP contribution >= 0.6 is 27.7 Å². The SMILES string of the molecule is Cc1ccc(CNCCN2CCSCC2)c(Br)c1. The lowest BCUT2D eigenvalue weighted by Gasteiger charge is -2.26. The van der Waals surface area contributed by atoms with Crippen molar-refractivity contribution in [2.75, 3.05) is 37.7 Å². The van der Waals surface area contributed by atoms with Crippen LogP contribution in [0.15, 0.2) is 22.7 Å². The monoisotopic (exact) mass is 328 g/mol. The van der Waals surface area contributed by atoms with Gasteiger partial charge in [-0.15, -0.1) is 0 Å². The van der Waals surface area contributed by atoms with Crippen LogP contribution < -0.4 is 5.32 Å². The van der Waals surface area contributed by atoms with Crippen LogP contribution in [0.4, 0.5) is 0 Å². The van der Waals surface area contributed by atoms with Crippen LogP contribution in [0.5, 0.6) is 0 Å². The number of rotatable bonds is 5. The van der Waals surface area contributed by atoms with E-state index in [0.717, 1.165) is 13.1 Å². The van der Waals surface area contributed by atoms with E-state index in [4.69, 9.17) is 0 Å². The first kappa shape index (κ1) is 14.4. The van der Waals surface area contributed by atoms with Gasteiger partial charge >= 0.3 is 0 Å². The van der Waals surface area contributed by atoms with Crippen LogP contribution in [0.25, 0.3) is 0 Å². The molecule has 1 aliphatic rings. The van der Waals surface area contributed by atoms with Gasteiger partial charge in [-0.1, -0.05) is 28.1 Å². The molecular formula is C14H21BrN2S. The number of hydrogen-bond donors (Lipinski definition) is 1. The van der Waals surface area contributed by atoms with E-state index in [1.807, 2.05) is 0 Å². The van der Waals surface area contributed by atoms with Crippen molar-refractivity contribution in [3.63, 3.8) is 0 Å². The third kappa shape index (κ3) is 4.57. The lowest BCUT2D eigenvalue weighted by molar-refractivity contribution is 0.301. The lowest BCUT2D eigenvalue weighted by atomic mass is 10.1. The van der Waals surface area contributed by atoms with Crippen LogP contribution in [0.1, 0.15) is 11.1 Å². The molecule has 100 valence electrons. The van der Waals surface area contributed by atoms with Gasteiger partial charge < -0.3 is 10.2 Å². The molecule has 0 bridgehead atoms. The second-order valence-electron chi connectivity index (χ2n) is 4.73. The quantitative estimate of drug-likeness (QED) is 0.837. The number of aryl methyl sites for hydroxylation is 1. The molecule has 0 unspecified atom stereocenters. The Morgan fingerprint density at radius 3 is 2.83 bits per heavy atom. The summed E-state index contributed by atoms with van der Waals surface area (Å²) in [5.74, 6) is 2.59. The largest absolute Gasteiger partial charge is 0.311 e. The topological polar surface area (TPSA) is 15.3 Å². The first-order valence-corrected chi connectivity index (χ1v) is 8.46. The van der Waals surface area contributed by atoms with Crippen LogP contribution in [0.2, 0.25) is 0 Å². The van der Waals surface area contributed by atoms with Crippen molar-refractivity contribution < 1.29 is 0 Å². The van der Waals surface area contributed by atoms with Crippen molar-refractivity contribution in [3.8, 4) is 0 Å². The third-order valence-corrected chi connectivity index (χ3v) is 4.91. The molecule has 1 fully saturated rings. The zero-order valence-electron chi connectivity index (χ0n) is 10.9. The first-order chi connectivity index (χ1) is 8.75. The lowest BCUT2D eigenvalue weighted by Crippen LogP contribution is -2.37. The molecule has 2 rings (SSSR count). The second-order valence-corrected chi connectivity index (χ2v) is 6.80. The normalized spacial score (nSPS) is 17.0. The smallest absolute Gasteiger partial charge is 0.0222 e. The minimum atomic E-state index is 0.948. The fourth-order valence-corrected chi connectivity index (χ4v) is 3.69. The zero-order valence-corrected chi connectivity index (χ0v) is 13.3. The van der Waals surface area contributed by atoms with Gasteiger partial charge in [0.05, 0.1) is 0 Å². The van der Waals surface area contributed by atoms with Crippen molar-refractivity contribution in [2.24, 2.45) is 0 Å². The summed E-state index contributed by atoms with van der Waals surface area (Å²) in [5, 5.41) is 3.53. The highest BCUT2D eigenvalue weighted by Gasteiger charge is 2.09. The van der Waals surface area contributed by atoms with E-state index in [0.29, 0.717) is 0 Å². The molecule has 1 aromatic rings. The van der Waals surface area contributed by atoms with Gasteiger partial charge in [-0.3, -0.25) is 0 Å². The molecule has 0 aliphatic carbocycles. The molecule has 0 saturated carbocycles. The Morgan fingerprint density at radius 2 is 2.11 bits per heavy atom. The van der Waals surface area contributed by atoms with Gasteiger partial charge in [0.2, 0.25) is 0 Å². The molecule has 4 heteroatoms. The Labute approximate surface area is 123 Å². The van der Waals surface area contributed by atoms with Gasteiger partial charge in [0.25, 0.3) is 0 Å². The maximum absolute atomic E-state index is 3.62. The fraction of sp³-hybridized carbons (Fsp3) is 0.571. The van der Waals surface area contributed by atoms with E-state index in [2.05, 4.69) is 63.0 Å². The molecule has 0 spiro atoms. The van der Waals surface area contributed by atoms with E-state index in [1.54, 1.807) is 0 Å².